The normalized spacial score (nSPS) is 18.4. The highest BCUT2D eigenvalue weighted by atomic mass is 16.4. The number of nitrogens with zero attached hydrogens (tertiary/aromatic N) is 2. The van der Waals surface area contributed by atoms with Crippen LogP contribution in [-0.2, 0) is 0 Å². The van der Waals surface area contributed by atoms with Crippen molar-refractivity contribution in [1.29, 1.82) is 0 Å². The molecule has 0 aromatic rings. The summed E-state index contributed by atoms with van der Waals surface area (Å²) in [4.78, 5) is 2.47. The summed E-state index contributed by atoms with van der Waals surface area (Å²) in [5.74, 6) is 0.303. The van der Waals surface area contributed by atoms with Crippen LogP contribution in [0.5, 0.6) is 0 Å². The minimum atomic E-state index is -0.251. The molecule has 4 N–H and O–H groups in total. The lowest BCUT2D eigenvalue weighted by Gasteiger charge is -2.25. The summed E-state index contributed by atoms with van der Waals surface area (Å²) in [6.45, 7) is 6.97. The van der Waals surface area contributed by atoms with E-state index in [4.69, 9.17) is 10.9 Å². The summed E-state index contributed by atoms with van der Waals surface area (Å²) in [6.07, 6.45) is 6.35. The van der Waals surface area contributed by atoms with Gasteiger partial charge in [0.2, 0.25) is 0 Å². The largest absolute Gasteiger partial charge is 0.409 e. The minimum absolute atomic E-state index is 0.251. The van der Waals surface area contributed by atoms with E-state index in [1.807, 2.05) is 13.8 Å². The number of nitrogens with one attached hydrogen (secondary N) is 1. The van der Waals surface area contributed by atoms with Crippen molar-refractivity contribution < 1.29 is 5.21 Å². The molecule has 1 aliphatic rings. The van der Waals surface area contributed by atoms with Crippen molar-refractivity contribution in [2.75, 3.05) is 26.7 Å². The van der Waals surface area contributed by atoms with Crippen molar-refractivity contribution in [2.24, 2.45) is 16.3 Å². The molecule has 0 spiro atoms. The van der Waals surface area contributed by atoms with Crippen molar-refractivity contribution in [1.82, 2.24) is 10.2 Å². The predicted octanol–water partition coefficient (Wildman–Crippen LogP) is 1.61. The lowest BCUT2D eigenvalue weighted by Crippen LogP contribution is -2.38. The van der Waals surface area contributed by atoms with Gasteiger partial charge in [0.05, 0.1) is 0 Å². The number of hydrogen-bond donors (Lipinski definition) is 3. The Morgan fingerprint density at radius 2 is 2.00 bits per heavy atom. The van der Waals surface area contributed by atoms with Gasteiger partial charge in [-0.3, -0.25) is 0 Å². The standard InChI is InChI=1S/C14H30N4O/c1-14(2,13(15)17-19)8-9-16-10-11-18(3)12-6-4-5-7-12/h12,16,19H,4-11H2,1-3H3,(H2,15,17). The molecule has 0 bridgehead atoms. The van der Waals surface area contributed by atoms with Gasteiger partial charge in [0.25, 0.3) is 0 Å². The number of rotatable bonds is 8. The van der Waals surface area contributed by atoms with Crippen molar-refractivity contribution in [3.63, 3.8) is 0 Å². The molecule has 0 aliphatic heterocycles. The summed E-state index contributed by atoms with van der Waals surface area (Å²) in [5, 5.41) is 15.2. The van der Waals surface area contributed by atoms with Crippen LogP contribution in [0.3, 0.4) is 0 Å². The van der Waals surface area contributed by atoms with E-state index >= 15 is 0 Å². The van der Waals surface area contributed by atoms with Crippen molar-refractivity contribution in [2.45, 2.75) is 52.0 Å². The molecule has 0 saturated heterocycles. The van der Waals surface area contributed by atoms with E-state index in [2.05, 4.69) is 22.4 Å². The van der Waals surface area contributed by atoms with Gasteiger partial charge in [0.1, 0.15) is 5.84 Å². The molecule has 112 valence electrons. The van der Waals surface area contributed by atoms with E-state index in [9.17, 15) is 0 Å². The molecule has 0 unspecified atom stereocenters. The number of nitrogens with two attached hydrogens (primary N) is 1. The van der Waals surface area contributed by atoms with Gasteiger partial charge in [-0.15, -0.1) is 0 Å². The molecule has 0 amide bonds. The van der Waals surface area contributed by atoms with E-state index < -0.39 is 0 Å². The summed E-state index contributed by atoms with van der Waals surface area (Å²) >= 11 is 0. The van der Waals surface area contributed by atoms with Gasteiger partial charge in [-0.1, -0.05) is 31.8 Å². The van der Waals surface area contributed by atoms with Gasteiger partial charge in [0, 0.05) is 24.5 Å². The molecule has 5 nitrogen and oxygen atoms in total. The fraction of sp³-hybridized carbons (Fsp3) is 0.929. The Bertz CT molecular complexity index is 285. The van der Waals surface area contributed by atoms with Crippen LogP contribution in [0.15, 0.2) is 5.16 Å². The van der Waals surface area contributed by atoms with Gasteiger partial charge in [-0.05, 0) is 32.9 Å². The van der Waals surface area contributed by atoms with Gasteiger partial charge >= 0.3 is 0 Å². The first kappa shape index (κ1) is 16.2. The van der Waals surface area contributed by atoms with Gasteiger partial charge in [0.15, 0.2) is 0 Å². The minimum Gasteiger partial charge on any atom is -0.409 e. The van der Waals surface area contributed by atoms with Gasteiger partial charge < -0.3 is 21.2 Å². The van der Waals surface area contributed by atoms with E-state index in [1.54, 1.807) is 0 Å². The first-order valence-corrected chi connectivity index (χ1v) is 7.36. The highest BCUT2D eigenvalue weighted by Crippen LogP contribution is 2.22. The van der Waals surface area contributed by atoms with Crippen LogP contribution in [0.2, 0.25) is 0 Å². The van der Waals surface area contributed by atoms with Crippen molar-refractivity contribution >= 4 is 5.84 Å². The predicted molar refractivity (Wildman–Crippen MR) is 79.6 cm³/mol. The summed E-state index contributed by atoms with van der Waals surface area (Å²) in [7, 11) is 2.22. The molecule has 5 heteroatoms. The molecule has 0 aromatic carbocycles. The molecular formula is C14H30N4O. The summed E-state index contributed by atoms with van der Waals surface area (Å²) < 4.78 is 0. The molecule has 1 saturated carbocycles. The van der Waals surface area contributed by atoms with E-state index in [-0.39, 0.29) is 5.41 Å². The van der Waals surface area contributed by atoms with Crippen LogP contribution < -0.4 is 11.1 Å². The number of amidine groups is 1. The van der Waals surface area contributed by atoms with Crippen LogP contribution in [0, 0.1) is 5.41 Å². The monoisotopic (exact) mass is 270 g/mol. The lowest BCUT2D eigenvalue weighted by molar-refractivity contribution is 0.244. The maximum absolute atomic E-state index is 8.70. The van der Waals surface area contributed by atoms with Crippen molar-refractivity contribution in [3.8, 4) is 0 Å². The van der Waals surface area contributed by atoms with E-state index in [0.29, 0.717) is 5.84 Å². The maximum Gasteiger partial charge on any atom is 0.144 e. The number of hydrogen-bond acceptors (Lipinski definition) is 4. The Morgan fingerprint density at radius 1 is 1.37 bits per heavy atom. The highest BCUT2D eigenvalue weighted by Gasteiger charge is 2.23. The third kappa shape index (κ3) is 5.37. The number of likely N-dealkylation sites (N-methyl/N-ethyl adjacent to an activating group) is 1. The second-order valence-electron chi connectivity index (χ2n) is 6.29. The van der Waals surface area contributed by atoms with Crippen molar-refractivity contribution in [3.05, 3.63) is 0 Å². The summed E-state index contributed by atoms with van der Waals surface area (Å²) in [5.41, 5.74) is 5.41. The first-order valence-electron chi connectivity index (χ1n) is 7.36. The average Bonchev–Trinajstić information content (AvgIpc) is 2.90. The topological polar surface area (TPSA) is 73.9 Å². The third-order valence-electron chi connectivity index (χ3n) is 4.32. The molecule has 0 aromatic heterocycles. The first-order chi connectivity index (χ1) is 8.97. The number of oxime groups is 1. The Kier molecular flexibility index (Phi) is 6.58. The Balaban J connectivity index is 2.10. The van der Waals surface area contributed by atoms with Crippen LogP contribution >= 0.6 is 0 Å². The quantitative estimate of drug-likeness (QED) is 0.206. The van der Waals surface area contributed by atoms with E-state index in [1.165, 1.54) is 25.7 Å². The lowest BCUT2D eigenvalue weighted by atomic mass is 9.88. The fourth-order valence-corrected chi connectivity index (χ4v) is 2.57. The van der Waals surface area contributed by atoms with Crippen LogP contribution in [-0.4, -0.2) is 48.7 Å². The molecule has 1 aliphatic carbocycles. The zero-order chi connectivity index (χ0) is 14.3. The highest BCUT2D eigenvalue weighted by molar-refractivity contribution is 5.85. The molecule has 19 heavy (non-hydrogen) atoms. The zero-order valence-electron chi connectivity index (χ0n) is 12.7. The Morgan fingerprint density at radius 3 is 2.58 bits per heavy atom. The molecular weight excluding hydrogens is 240 g/mol. The Labute approximate surface area is 117 Å². The zero-order valence-corrected chi connectivity index (χ0v) is 12.7. The molecule has 1 rings (SSSR count). The van der Waals surface area contributed by atoms with Crippen LogP contribution in [0.4, 0.5) is 0 Å². The smallest absolute Gasteiger partial charge is 0.144 e. The summed E-state index contributed by atoms with van der Waals surface area (Å²) in [6, 6.07) is 0.787. The van der Waals surface area contributed by atoms with Crippen LogP contribution in [0.25, 0.3) is 0 Å². The average molecular weight is 270 g/mol. The molecule has 0 heterocycles. The van der Waals surface area contributed by atoms with Gasteiger partial charge in [-0.25, -0.2) is 0 Å². The Hall–Kier alpha value is -0.810. The van der Waals surface area contributed by atoms with E-state index in [0.717, 1.165) is 32.1 Å². The van der Waals surface area contributed by atoms with Gasteiger partial charge in [-0.2, -0.15) is 0 Å². The second kappa shape index (κ2) is 7.70. The fourth-order valence-electron chi connectivity index (χ4n) is 2.57. The maximum atomic E-state index is 8.70. The van der Waals surface area contributed by atoms with Crippen LogP contribution in [0.1, 0.15) is 46.0 Å². The molecule has 1 fully saturated rings. The molecule has 0 atom stereocenters. The SMILES string of the molecule is CN(CCNCCC(C)(C)C(N)=NO)C1CCCC1. The molecule has 0 radical (unpaired) electrons. The second-order valence-corrected chi connectivity index (χ2v) is 6.29. The third-order valence-corrected chi connectivity index (χ3v) is 4.32.